The van der Waals surface area contributed by atoms with Crippen LogP contribution in [0.25, 0.3) is 11.4 Å². The summed E-state index contributed by atoms with van der Waals surface area (Å²) >= 11 is 0. The van der Waals surface area contributed by atoms with E-state index in [1.165, 1.54) is 0 Å². The minimum absolute atomic E-state index is 0.151. The molecular weight excluding hydrogens is 280 g/mol. The van der Waals surface area contributed by atoms with Crippen LogP contribution in [-0.2, 0) is 6.54 Å². The number of nitrogens with one attached hydrogen (secondary N) is 1. The molecule has 6 heteroatoms. The molecule has 1 aromatic carbocycles. The summed E-state index contributed by atoms with van der Waals surface area (Å²) in [6.45, 7) is 2.13. The molecule has 1 amide bonds. The van der Waals surface area contributed by atoms with Crippen molar-refractivity contribution >= 4 is 5.91 Å². The van der Waals surface area contributed by atoms with Gasteiger partial charge in [0.05, 0.1) is 12.2 Å². The van der Waals surface area contributed by atoms with Crippen molar-refractivity contribution < 1.29 is 9.32 Å². The maximum absolute atomic E-state index is 12.1. The molecule has 0 spiro atoms. The number of pyridine rings is 1. The van der Waals surface area contributed by atoms with Crippen molar-refractivity contribution in [3.05, 3.63) is 65.8 Å². The summed E-state index contributed by atoms with van der Waals surface area (Å²) in [6, 6.07) is 12.6. The molecule has 0 saturated heterocycles. The summed E-state index contributed by atoms with van der Waals surface area (Å²) in [5.74, 6) is 0.867. The Hall–Kier alpha value is -3.02. The van der Waals surface area contributed by atoms with Gasteiger partial charge in [-0.2, -0.15) is 4.98 Å². The fraction of sp³-hybridized carbons (Fsp3) is 0.125. The summed E-state index contributed by atoms with van der Waals surface area (Å²) in [7, 11) is 0. The molecule has 6 nitrogen and oxygen atoms in total. The van der Waals surface area contributed by atoms with Gasteiger partial charge in [-0.3, -0.25) is 9.78 Å². The van der Waals surface area contributed by atoms with Crippen LogP contribution in [0.1, 0.15) is 21.9 Å². The maximum Gasteiger partial charge on any atom is 0.251 e. The summed E-state index contributed by atoms with van der Waals surface area (Å²) in [4.78, 5) is 20.4. The first-order valence-electron chi connectivity index (χ1n) is 6.81. The van der Waals surface area contributed by atoms with Crippen molar-refractivity contribution in [3.8, 4) is 11.4 Å². The van der Waals surface area contributed by atoms with E-state index in [2.05, 4.69) is 20.4 Å². The smallest absolute Gasteiger partial charge is 0.251 e. The highest BCUT2D eigenvalue weighted by Crippen LogP contribution is 2.16. The van der Waals surface area contributed by atoms with Gasteiger partial charge in [0.1, 0.15) is 0 Å². The van der Waals surface area contributed by atoms with Crippen LogP contribution >= 0.6 is 0 Å². The zero-order valence-corrected chi connectivity index (χ0v) is 12.0. The molecule has 0 aliphatic rings. The van der Waals surface area contributed by atoms with Crippen LogP contribution in [0.3, 0.4) is 0 Å². The molecule has 110 valence electrons. The van der Waals surface area contributed by atoms with Crippen molar-refractivity contribution in [2.45, 2.75) is 13.5 Å². The molecule has 0 aliphatic carbocycles. The van der Waals surface area contributed by atoms with Crippen molar-refractivity contribution in [2.75, 3.05) is 0 Å². The highest BCUT2D eigenvalue weighted by Gasteiger charge is 2.09. The molecule has 2 heterocycles. The monoisotopic (exact) mass is 294 g/mol. The second-order valence-corrected chi connectivity index (χ2v) is 4.72. The van der Waals surface area contributed by atoms with Crippen LogP contribution < -0.4 is 5.32 Å². The van der Waals surface area contributed by atoms with E-state index in [9.17, 15) is 4.79 Å². The Morgan fingerprint density at radius 2 is 2.00 bits per heavy atom. The molecular formula is C16H14N4O2. The van der Waals surface area contributed by atoms with Crippen LogP contribution in [-0.4, -0.2) is 21.0 Å². The normalized spacial score (nSPS) is 10.4. The van der Waals surface area contributed by atoms with Crippen LogP contribution in [0.15, 0.2) is 53.2 Å². The number of nitrogens with zero attached hydrogens (tertiary/aromatic N) is 3. The Balaban J connectivity index is 1.66. The first-order chi connectivity index (χ1) is 10.7. The van der Waals surface area contributed by atoms with Gasteiger partial charge in [0, 0.05) is 24.2 Å². The van der Waals surface area contributed by atoms with E-state index in [0.717, 1.165) is 11.3 Å². The number of aryl methyl sites for hydroxylation is 1. The molecule has 0 bridgehead atoms. The van der Waals surface area contributed by atoms with Crippen molar-refractivity contribution in [1.29, 1.82) is 0 Å². The van der Waals surface area contributed by atoms with Crippen LogP contribution in [0, 0.1) is 6.92 Å². The molecule has 22 heavy (non-hydrogen) atoms. The number of amides is 1. The van der Waals surface area contributed by atoms with Crippen LogP contribution in [0.4, 0.5) is 0 Å². The van der Waals surface area contributed by atoms with E-state index in [0.29, 0.717) is 23.8 Å². The lowest BCUT2D eigenvalue weighted by Gasteiger charge is -2.05. The Morgan fingerprint density at radius 1 is 1.18 bits per heavy atom. The van der Waals surface area contributed by atoms with Gasteiger partial charge in [0.15, 0.2) is 0 Å². The van der Waals surface area contributed by atoms with Gasteiger partial charge in [0.2, 0.25) is 11.7 Å². The number of carbonyl (C=O) groups is 1. The third kappa shape index (κ3) is 3.17. The Morgan fingerprint density at radius 3 is 2.64 bits per heavy atom. The first-order valence-corrected chi connectivity index (χ1v) is 6.81. The van der Waals surface area contributed by atoms with E-state index in [1.807, 2.05) is 18.2 Å². The summed E-state index contributed by atoms with van der Waals surface area (Å²) in [5, 5.41) is 6.67. The predicted octanol–water partition coefficient (Wildman–Crippen LogP) is 2.37. The van der Waals surface area contributed by atoms with E-state index in [1.54, 1.807) is 37.4 Å². The maximum atomic E-state index is 12.1. The standard InChI is InChI=1S/C16H14N4O2/c1-11-19-15(20-22-11)12-5-7-13(8-6-12)16(21)18-10-14-4-2-3-9-17-14/h2-9H,10H2,1H3,(H,18,21). The number of hydrogen-bond donors (Lipinski definition) is 1. The average molecular weight is 294 g/mol. The topological polar surface area (TPSA) is 80.9 Å². The Kier molecular flexibility index (Phi) is 3.91. The molecule has 0 aliphatic heterocycles. The number of benzene rings is 1. The van der Waals surface area contributed by atoms with Crippen molar-refractivity contribution in [1.82, 2.24) is 20.4 Å². The quantitative estimate of drug-likeness (QED) is 0.799. The van der Waals surface area contributed by atoms with Gasteiger partial charge >= 0.3 is 0 Å². The largest absolute Gasteiger partial charge is 0.346 e. The van der Waals surface area contributed by atoms with E-state index in [-0.39, 0.29) is 5.91 Å². The lowest BCUT2D eigenvalue weighted by molar-refractivity contribution is 0.0950. The summed E-state index contributed by atoms with van der Waals surface area (Å²) in [5.41, 5.74) is 2.19. The van der Waals surface area contributed by atoms with Gasteiger partial charge < -0.3 is 9.84 Å². The average Bonchev–Trinajstić information content (AvgIpc) is 3.00. The molecule has 0 radical (unpaired) electrons. The van der Waals surface area contributed by atoms with Crippen molar-refractivity contribution in [2.24, 2.45) is 0 Å². The molecule has 0 fully saturated rings. The number of rotatable bonds is 4. The second-order valence-electron chi connectivity index (χ2n) is 4.72. The summed E-state index contributed by atoms with van der Waals surface area (Å²) < 4.78 is 4.94. The molecule has 1 N–H and O–H groups in total. The minimum atomic E-state index is -0.151. The van der Waals surface area contributed by atoms with Gasteiger partial charge in [0.25, 0.3) is 5.91 Å². The zero-order chi connectivity index (χ0) is 15.4. The van der Waals surface area contributed by atoms with E-state index < -0.39 is 0 Å². The predicted molar refractivity (Wildman–Crippen MR) is 79.9 cm³/mol. The fourth-order valence-electron chi connectivity index (χ4n) is 1.96. The lowest BCUT2D eigenvalue weighted by atomic mass is 10.1. The minimum Gasteiger partial charge on any atom is -0.346 e. The van der Waals surface area contributed by atoms with Crippen molar-refractivity contribution in [3.63, 3.8) is 0 Å². The van der Waals surface area contributed by atoms with Crippen LogP contribution in [0.2, 0.25) is 0 Å². The highest BCUT2D eigenvalue weighted by atomic mass is 16.5. The summed E-state index contributed by atoms with van der Waals surface area (Å²) in [6.07, 6.45) is 1.70. The number of aromatic nitrogens is 3. The number of hydrogen-bond acceptors (Lipinski definition) is 5. The lowest BCUT2D eigenvalue weighted by Crippen LogP contribution is -2.23. The SMILES string of the molecule is Cc1nc(-c2ccc(C(=O)NCc3ccccn3)cc2)no1. The number of carbonyl (C=O) groups excluding carboxylic acids is 1. The van der Waals surface area contributed by atoms with Crippen LogP contribution in [0.5, 0.6) is 0 Å². The second kappa shape index (κ2) is 6.17. The van der Waals surface area contributed by atoms with Gasteiger partial charge in [-0.15, -0.1) is 0 Å². The molecule has 0 atom stereocenters. The highest BCUT2D eigenvalue weighted by molar-refractivity contribution is 5.94. The first kappa shape index (κ1) is 13.9. The van der Waals surface area contributed by atoms with Gasteiger partial charge in [-0.1, -0.05) is 23.4 Å². The van der Waals surface area contributed by atoms with Gasteiger partial charge in [-0.25, -0.2) is 0 Å². The molecule has 3 rings (SSSR count). The van der Waals surface area contributed by atoms with E-state index >= 15 is 0 Å². The molecule has 3 aromatic rings. The molecule has 0 unspecified atom stereocenters. The third-order valence-electron chi connectivity index (χ3n) is 3.09. The third-order valence-corrected chi connectivity index (χ3v) is 3.09. The Labute approximate surface area is 127 Å². The van der Waals surface area contributed by atoms with Gasteiger partial charge in [-0.05, 0) is 24.3 Å². The Bertz CT molecular complexity index is 766. The molecule has 2 aromatic heterocycles. The fourth-order valence-corrected chi connectivity index (χ4v) is 1.96. The van der Waals surface area contributed by atoms with E-state index in [4.69, 9.17) is 4.52 Å². The molecule has 0 saturated carbocycles. The zero-order valence-electron chi connectivity index (χ0n) is 12.0.